The molecule has 1 atom stereocenters. The number of rotatable bonds is 3. The van der Waals surface area contributed by atoms with Crippen LogP contribution in [0.2, 0.25) is 0 Å². The van der Waals surface area contributed by atoms with Crippen molar-refractivity contribution in [3.63, 3.8) is 0 Å². The third kappa shape index (κ3) is 2.54. The highest BCUT2D eigenvalue weighted by molar-refractivity contribution is 7.11. The van der Waals surface area contributed by atoms with E-state index in [1.807, 2.05) is 19.9 Å². The van der Waals surface area contributed by atoms with Crippen molar-refractivity contribution < 1.29 is 4.79 Å². The summed E-state index contributed by atoms with van der Waals surface area (Å²) < 4.78 is 0. The van der Waals surface area contributed by atoms with E-state index in [-0.39, 0.29) is 11.8 Å². The minimum absolute atomic E-state index is 0.108. The molecule has 1 rings (SSSR count). The molecule has 4 nitrogen and oxygen atoms in total. The number of hydrogen-bond acceptors (Lipinski definition) is 4. The zero-order chi connectivity index (χ0) is 10.6. The summed E-state index contributed by atoms with van der Waals surface area (Å²) in [5.74, 6) is -0.121. The van der Waals surface area contributed by atoms with Crippen molar-refractivity contribution in [2.24, 2.45) is 5.92 Å². The van der Waals surface area contributed by atoms with E-state index >= 15 is 0 Å². The van der Waals surface area contributed by atoms with Crippen LogP contribution in [0.4, 0.5) is 0 Å². The maximum atomic E-state index is 11.5. The van der Waals surface area contributed by atoms with Gasteiger partial charge < -0.3 is 5.32 Å². The lowest BCUT2D eigenvalue weighted by atomic mass is 10.1. The van der Waals surface area contributed by atoms with Crippen LogP contribution >= 0.6 is 11.3 Å². The fourth-order valence-corrected chi connectivity index (χ4v) is 1.41. The summed E-state index contributed by atoms with van der Waals surface area (Å²) in [4.78, 5) is 15.8. The van der Waals surface area contributed by atoms with Gasteiger partial charge in [0.25, 0.3) is 5.91 Å². The Morgan fingerprint density at radius 3 is 2.86 bits per heavy atom. The van der Waals surface area contributed by atoms with Gasteiger partial charge in [-0.3, -0.25) is 9.78 Å². The molecule has 0 radical (unpaired) electrons. The molecule has 74 valence electrons. The van der Waals surface area contributed by atoms with Crippen molar-refractivity contribution in [3.05, 3.63) is 16.6 Å². The Morgan fingerprint density at radius 1 is 1.71 bits per heavy atom. The van der Waals surface area contributed by atoms with Crippen molar-refractivity contribution in [2.45, 2.75) is 19.9 Å². The summed E-state index contributed by atoms with van der Waals surface area (Å²) in [5, 5.41) is 11.4. The van der Waals surface area contributed by atoms with Crippen molar-refractivity contribution in [2.75, 3.05) is 0 Å². The van der Waals surface area contributed by atoms with E-state index in [1.165, 1.54) is 17.5 Å². The van der Waals surface area contributed by atoms with E-state index in [2.05, 4.69) is 10.3 Å². The highest BCUT2D eigenvalue weighted by Crippen LogP contribution is 2.07. The Labute approximate surface area is 86.6 Å². The molecule has 0 aliphatic rings. The first-order valence-electron chi connectivity index (χ1n) is 4.24. The average Bonchev–Trinajstić information content (AvgIpc) is 2.65. The van der Waals surface area contributed by atoms with Crippen LogP contribution < -0.4 is 5.32 Å². The molecule has 0 saturated carbocycles. The molecular weight excluding hydrogens is 198 g/mol. The van der Waals surface area contributed by atoms with Gasteiger partial charge in [-0.25, -0.2) is 0 Å². The van der Waals surface area contributed by atoms with Gasteiger partial charge in [-0.15, -0.1) is 11.3 Å². The van der Waals surface area contributed by atoms with Gasteiger partial charge in [-0.1, -0.05) is 13.8 Å². The lowest BCUT2D eigenvalue weighted by Crippen LogP contribution is -2.36. The SMILES string of the molecule is CC(C)C(C#N)NC(=O)c1cncs1. The number of nitriles is 1. The standard InChI is InChI=1S/C9H11N3OS/c1-6(2)7(3-10)12-9(13)8-4-11-5-14-8/h4-7H,1-2H3,(H,12,13). The minimum atomic E-state index is -0.440. The smallest absolute Gasteiger partial charge is 0.264 e. The van der Waals surface area contributed by atoms with Crippen LogP contribution in [-0.4, -0.2) is 16.9 Å². The molecule has 5 heteroatoms. The van der Waals surface area contributed by atoms with E-state index in [0.29, 0.717) is 4.88 Å². The molecule has 0 spiro atoms. The third-order valence-corrected chi connectivity index (χ3v) is 2.52. The Kier molecular flexibility index (Phi) is 3.60. The summed E-state index contributed by atoms with van der Waals surface area (Å²) in [6.45, 7) is 3.78. The first-order valence-corrected chi connectivity index (χ1v) is 5.12. The molecule has 1 aromatic rings. The molecule has 0 aliphatic heterocycles. The molecule has 1 aromatic heterocycles. The predicted molar refractivity (Wildman–Crippen MR) is 53.8 cm³/mol. The Bertz CT molecular complexity index is 339. The van der Waals surface area contributed by atoms with Crippen LogP contribution in [-0.2, 0) is 0 Å². The number of carbonyl (C=O) groups is 1. The zero-order valence-corrected chi connectivity index (χ0v) is 8.84. The first kappa shape index (κ1) is 10.7. The van der Waals surface area contributed by atoms with Crippen LogP contribution in [0.25, 0.3) is 0 Å². The molecule has 1 amide bonds. The highest BCUT2D eigenvalue weighted by atomic mass is 32.1. The van der Waals surface area contributed by atoms with Crippen molar-refractivity contribution >= 4 is 17.2 Å². The number of aromatic nitrogens is 1. The number of thiazole rings is 1. The number of nitrogens with one attached hydrogen (secondary N) is 1. The van der Waals surface area contributed by atoms with Gasteiger partial charge in [0.15, 0.2) is 0 Å². The average molecular weight is 209 g/mol. The molecule has 1 heterocycles. The van der Waals surface area contributed by atoms with Gasteiger partial charge >= 0.3 is 0 Å². The Morgan fingerprint density at radius 2 is 2.43 bits per heavy atom. The predicted octanol–water partition coefficient (Wildman–Crippen LogP) is 1.42. The van der Waals surface area contributed by atoms with E-state index in [0.717, 1.165) is 0 Å². The fourth-order valence-electron chi connectivity index (χ4n) is 0.888. The largest absolute Gasteiger partial charge is 0.335 e. The summed E-state index contributed by atoms with van der Waals surface area (Å²) in [5.41, 5.74) is 1.59. The molecule has 0 aromatic carbocycles. The van der Waals surface area contributed by atoms with Gasteiger partial charge in [-0.2, -0.15) is 5.26 Å². The maximum Gasteiger partial charge on any atom is 0.264 e. The lowest BCUT2D eigenvalue weighted by Gasteiger charge is -2.13. The number of nitrogens with zero attached hydrogens (tertiary/aromatic N) is 2. The molecule has 0 fully saturated rings. The van der Waals surface area contributed by atoms with Crippen LogP contribution in [0.15, 0.2) is 11.7 Å². The van der Waals surface area contributed by atoms with Crippen molar-refractivity contribution in [1.82, 2.24) is 10.3 Å². The minimum Gasteiger partial charge on any atom is -0.335 e. The van der Waals surface area contributed by atoms with Gasteiger partial charge in [0.05, 0.1) is 17.8 Å². The summed E-state index contributed by atoms with van der Waals surface area (Å²) in [6, 6.07) is 1.61. The second-order valence-electron chi connectivity index (χ2n) is 3.19. The lowest BCUT2D eigenvalue weighted by molar-refractivity contribution is 0.0941. The van der Waals surface area contributed by atoms with Crippen LogP contribution in [0.1, 0.15) is 23.5 Å². The molecule has 0 saturated heterocycles. The molecule has 14 heavy (non-hydrogen) atoms. The normalized spacial score (nSPS) is 12.1. The van der Waals surface area contributed by atoms with Crippen LogP contribution in [0, 0.1) is 17.2 Å². The van der Waals surface area contributed by atoms with E-state index in [9.17, 15) is 4.79 Å². The zero-order valence-electron chi connectivity index (χ0n) is 8.02. The third-order valence-electron chi connectivity index (χ3n) is 1.75. The van der Waals surface area contributed by atoms with E-state index < -0.39 is 6.04 Å². The van der Waals surface area contributed by atoms with Crippen LogP contribution in [0.3, 0.4) is 0 Å². The number of amides is 1. The second kappa shape index (κ2) is 4.72. The van der Waals surface area contributed by atoms with Gasteiger partial charge in [0.2, 0.25) is 0 Å². The molecule has 0 bridgehead atoms. The number of carbonyl (C=O) groups excluding carboxylic acids is 1. The quantitative estimate of drug-likeness (QED) is 0.818. The number of hydrogen-bond donors (Lipinski definition) is 1. The van der Waals surface area contributed by atoms with E-state index in [4.69, 9.17) is 5.26 Å². The molecule has 1 unspecified atom stereocenters. The summed E-state index contributed by atoms with van der Waals surface area (Å²) in [7, 11) is 0. The second-order valence-corrected chi connectivity index (χ2v) is 4.08. The molecule has 1 N–H and O–H groups in total. The molecular formula is C9H11N3OS. The Balaban J connectivity index is 2.61. The summed E-state index contributed by atoms with van der Waals surface area (Å²) >= 11 is 1.26. The van der Waals surface area contributed by atoms with Gasteiger partial charge in [0.1, 0.15) is 10.9 Å². The maximum absolute atomic E-state index is 11.5. The first-order chi connectivity index (χ1) is 6.65. The van der Waals surface area contributed by atoms with Gasteiger partial charge in [-0.05, 0) is 5.92 Å². The van der Waals surface area contributed by atoms with Crippen molar-refractivity contribution in [1.29, 1.82) is 5.26 Å². The van der Waals surface area contributed by atoms with E-state index in [1.54, 1.807) is 5.51 Å². The highest BCUT2D eigenvalue weighted by Gasteiger charge is 2.16. The Hall–Kier alpha value is -1.41. The fraction of sp³-hybridized carbons (Fsp3) is 0.444. The molecule has 0 aliphatic carbocycles. The summed E-state index contributed by atoms with van der Waals surface area (Å²) in [6.07, 6.45) is 1.49. The van der Waals surface area contributed by atoms with Crippen LogP contribution in [0.5, 0.6) is 0 Å². The monoisotopic (exact) mass is 209 g/mol. The van der Waals surface area contributed by atoms with Gasteiger partial charge in [0, 0.05) is 0 Å². The topological polar surface area (TPSA) is 65.8 Å². The van der Waals surface area contributed by atoms with Crippen molar-refractivity contribution in [3.8, 4) is 6.07 Å².